The third-order valence-electron chi connectivity index (χ3n) is 4.79. The van der Waals surface area contributed by atoms with Crippen molar-refractivity contribution < 1.29 is 8.78 Å². The van der Waals surface area contributed by atoms with Crippen molar-refractivity contribution in [3.05, 3.63) is 71.8 Å². The fourth-order valence-electron chi connectivity index (χ4n) is 3.34. The predicted molar refractivity (Wildman–Crippen MR) is 98.9 cm³/mol. The first-order chi connectivity index (χ1) is 12.2. The molecule has 0 nitrogen and oxygen atoms in total. The van der Waals surface area contributed by atoms with Crippen molar-refractivity contribution in [2.75, 3.05) is 0 Å². The van der Waals surface area contributed by atoms with Gasteiger partial charge in [-0.05, 0) is 73.9 Å². The van der Waals surface area contributed by atoms with Gasteiger partial charge in [0.05, 0.1) is 0 Å². The molecule has 0 bridgehead atoms. The maximum absolute atomic E-state index is 13.3. The maximum Gasteiger partial charge on any atom is 0.159 e. The highest BCUT2D eigenvalue weighted by Crippen LogP contribution is 2.29. The van der Waals surface area contributed by atoms with E-state index in [-0.39, 0.29) is 0 Å². The van der Waals surface area contributed by atoms with Crippen LogP contribution >= 0.6 is 0 Å². The normalized spacial score (nSPS) is 20.3. The molecule has 0 atom stereocenters. The third-order valence-corrected chi connectivity index (χ3v) is 4.79. The van der Waals surface area contributed by atoms with Gasteiger partial charge in [0.25, 0.3) is 0 Å². The van der Waals surface area contributed by atoms with E-state index in [2.05, 4.69) is 30.9 Å². The first-order valence-electron chi connectivity index (χ1n) is 8.85. The topological polar surface area (TPSA) is 0 Å². The molecule has 0 N–H and O–H groups in total. The summed E-state index contributed by atoms with van der Waals surface area (Å²) in [6, 6.07) is 11.6. The summed E-state index contributed by atoms with van der Waals surface area (Å²) in [7, 11) is 0. The molecule has 2 aromatic rings. The van der Waals surface area contributed by atoms with E-state index in [9.17, 15) is 8.78 Å². The zero-order valence-corrected chi connectivity index (χ0v) is 14.4. The van der Waals surface area contributed by atoms with Crippen molar-refractivity contribution in [1.29, 1.82) is 0 Å². The first kappa shape index (κ1) is 17.4. The maximum atomic E-state index is 13.3. The lowest BCUT2D eigenvalue weighted by Crippen LogP contribution is -2.11. The molecule has 1 aliphatic carbocycles. The van der Waals surface area contributed by atoms with E-state index in [1.165, 1.54) is 18.9 Å². The lowest BCUT2D eigenvalue weighted by atomic mass is 9.82. The largest absolute Gasteiger partial charge is 0.204 e. The van der Waals surface area contributed by atoms with Crippen LogP contribution in [0.2, 0.25) is 0 Å². The summed E-state index contributed by atoms with van der Waals surface area (Å²) in [5.74, 6) is 6.20. The van der Waals surface area contributed by atoms with E-state index in [1.54, 1.807) is 6.07 Å². The summed E-state index contributed by atoms with van der Waals surface area (Å²) in [4.78, 5) is 0. The number of allylic oxidation sites excluding steroid dienone is 2. The van der Waals surface area contributed by atoms with Gasteiger partial charge in [-0.1, -0.05) is 42.2 Å². The van der Waals surface area contributed by atoms with Gasteiger partial charge in [0.2, 0.25) is 0 Å². The molecule has 25 heavy (non-hydrogen) atoms. The molecule has 128 valence electrons. The second kappa shape index (κ2) is 8.12. The second-order valence-electron chi connectivity index (χ2n) is 6.61. The minimum Gasteiger partial charge on any atom is -0.204 e. The molecule has 0 saturated heterocycles. The molecule has 0 heterocycles. The quantitative estimate of drug-likeness (QED) is 0.442. The summed E-state index contributed by atoms with van der Waals surface area (Å²) >= 11 is 0. The molecule has 0 aliphatic heterocycles. The number of halogens is 2. The Morgan fingerprint density at radius 3 is 2.20 bits per heavy atom. The second-order valence-corrected chi connectivity index (χ2v) is 6.61. The molecule has 0 unspecified atom stereocenters. The summed E-state index contributed by atoms with van der Waals surface area (Å²) < 4.78 is 26.4. The Balaban J connectivity index is 1.65. The highest BCUT2D eigenvalue weighted by molar-refractivity contribution is 5.64. The van der Waals surface area contributed by atoms with Gasteiger partial charge in [0.1, 0.15) is 0 Å². The highest BCUT2D eigenvalue weighted by atomic mass is 19.2. The molecule has 0 spiro atoms. The fourth-order valence-corrected chi connectivity index (χ4v) is 3.34. The summed E-state index contributed by atoms with van der Waals surface area (Å²) in [5, 5.41) is 0. The Hall–Kier alpha value is -2.40. The van der Waals surface area contributed by atoms with Gasteiger partial charge >= 0.3 is 0 Å². The van der Waals surface area contributed by atoms with Crippen molar-refractivity contribution >= 4 is 0 Å². The monoisotopic (exact) mass is 336 g/mol. The Labute approximate surface area is 148 Å². The number of hydrogen-bond acceptors (Lipinski definition) is 0. The molecular weight excluding hydrogens is 314 g/mol. The first-order valence-corrected chi connectivity index (χ1v) is 8.85. The van der Waals surface area contributed by atoms with Gasteiger partial charge in [0, 0.05) is 11.5 Å². The van der Waals surface area contributed by atoms with Crippen LogP contribution < -0.4 is 0 Å². The van der Waals surface area contributed by atoms with E-state index >= 15 is 0 Å². The van der Waals surface area contributed by atoms with Crippen LogP contribution in [0.4, 0.5) is 8.78 Å². The van der Waals surface area contributed by atoms with Gasteiger partial charge in [-0.2, -0.15) is 0 Å². The molecule has 1 aliphatic rings. The molecule has 1 saturated carbocycles. The van der Waals surface area contributed by atoms with Crippen LogP contribution in [0.25, 0.3) is 11.1 Å². The average molecular weight is 336 g/mol. The Morgan fingerprint density at radius 1 is 0.880 bits per heavy atom. The SMILES string of the molecule is C/C=C/[C@H]1CC[C@H](C#Cc2ccc(-c3ccc(F)c(F)c3)cc2)CC1. The lowest BCUT2D eigenvalue weighted by molar-refractivity contribution is 0.364. The van der Waals surface area contributed by atoms with Crippen LogP contribution in [-0.4, -0.2) is 0 Å². The van der Waals surface area contributed by atoms with E-state index < -0.39 is 11.6 Å². The van der Waals surface area contributed by atoms with Crippen LogP contribution in [0, 0.1) is 35.3 Å². The standard InChI is InChI=1S/C23H22F2/c1-2-3-17-4-6-18(7-5-17)8-9-19-10-12-20(13-11-19)21-14-15-22(24)23(25)16-21/h2-3,10-18H,4-7H2,1H3/b3-2+/t17-,18-. The summed E-state index contributed by atoms with van der Waals surface area (Å²) in [6.45, 7) is 2.08. The van der Waals surface area contributed by atoms with Crippen molar-refractivity contribution in [2.24, 2.45) is 11.8 Å². The highest BCUT2D eigenvalue weighted by Gasteiger charge is 2.17. The van der Waals surface area contributed by atoms with Gasteiger partial charge in [-0.15, -0.1) is 0 Å². The molecule has 3 rings (SSSR count). The van der Waals surface area contributed by atoms with Gasteiger partial charge in [-0.3, -0.25) is 0 Å². The minimum absolute atomic E-state index is 0.479. The molecular formula is C23H22F2. The fraction of sp³-hybridized carbons (Fsp3) is 0.304. The molecule has 2 aromatic carbocycles. The van der Waals surface area contributed by atoms with Crippen LogP contribution in [0.5, 0.6) is 0 Å². The van der Waals surface area contributed by atoms with Gasteiger partial charge in [-0.25, -0.2) is 8.78 Å². The summed E-state index contributed by atoms with van der Waals surface area (Å²) in [5.41, 5.74) is 2.49. The molecule has 0 aromatic heterocycles. The van der Waals surface area contributed by atoms with E-state index in [0.29, 0.717) is 11.5 Å². The Bertz CT molecular complexity index is 798. The smallest absolute Gasteiger partial charge is 0.159 e. The van der Waals surface area contributed by atoms with Gasteiger partial charge in [0.15, 0.2) is 11.6 Å². The Morgan fingerprint density at radius 2 is 1.56 bits per heavy atom. The zero-order valence-electron chi connectivity index (χ0n) is 14.4. The summed E-state index contributed by atoms with van der Waals surface area (Å²) in [6.07, 6.45) is 9.22. The third kappa shape index (κ3) is 4.57. The van der Waals surface area contributed by atoms with E-state index in [4.69, 9.17) is 0 Å². The molecule has 0 amide bonds. The Kier molecular flexibility index (Phi) is 5.66. The van der Waals surface area contributed by atoms with Crippen molar-refractivity contribution in [3.8, 4) is 23.0 Å². The lowest BCUT2D eigenvalue weighted by Gasteiger charge is -2.22. The number of rotatable bonds is 2. The predicted octanol–water partition coefficient (Wildman–Crippen LogP) is 6.37. The van der Waals surface area contributed by atoms with Crippen LogP contribution in [-0.2, 0) is 0 Å². The van der Waals surface area contributed by atoms with Crippen LogP contribution in [0.1, 0.15) is 38.2 Å². The number of benzene rings is 2. The van der Waals surface area contributed by atoms with E-state index in [0.717, 1.165) is 36.0 Å². The van der Waals surface area contributed by atoms with Gasteiger partial charge < -0.3 is 0 Å². The van der Waals surface area contributed by atoms with Crippen molar-refractivity contribution in [1.82, 2.24) is 0 Å². The van der Waals surface area contributed by atoms with Crippen LogP contribution in [0.3, 0.4) is 0 Å². The molecule has 0 radical (unpaired) electrons. The minimum atomic E-state index is -0.824. The van der Waals surface area contributed by atoms with Crippen molar-refractivity contribution in [2.45, 2.75) is 32.6 Å². The average Bonchev–Trinajstić information content (AvgIpc) is 2.64. The molecule has 1 fully saturated rings. The number of hydrogen-bond donors (Lipinski definition) is 0. The van der Waals surface area contributed by atoms with Crippen molar-refractivity contribution in [3.63, 3.8) is 0 Å². The van der Waals surface area contributed by atoms with Crippen LogP contribution in [0.15, 0.2) is 54.6 Å². The molecule has 2 heteroatoms. The zero-order chi connectivity index (χ0) is 17.6. The van der Waals surface area contributed by atoms with E-state index in [1.807, 2.05) is 24.3 Å².